The molecule has 1 aliphatic rings. The minimum absolute atomic E-state index is 0.0797. The van der Waals surface area contributed by atoms with Crippen molar-refractivity contribution in [1.29, 1.82) is 0 Å². The zero-order chi connectivity index (χ0) is 13.8. The number of carbonyl (C=O) groups is 1. The molecule has 0 spiro atoms. The van der Waals surface area contributed by atoms with Gasteiger partial charge in [-0.2, -0.15) is 0 Å². The van der Waals surface area contributed by atoms with Gasteiger partial charge in [-0.15, -0.1) is 0 Å². The van der Waals surface area contributed by atoms with Crippen LogP contribution in [-0.4, -0.2) is 16.9 Å². The number of nitrogens with two attached hydrogens (primary N) is 1. The number of amides is 1. The zero-order valence-electron chi connectivity index (χ0n) is 11.1. The fraction of sp³-hybridized carbons (Fsp3) is 0.467. The molecular weight excluding hydrogens is 256 g/mol. The van der Waals surface area contributed by atoms with Crippen LogP contribution in [0.1, 0.15) is 37.7 Å². The van der Waals surface area contributed by atoms with Crippen molar-refractivity contribution in [3.63, 3.8) is 0 Å². The molecule has 2 rings (SSSR count). The summed E-state index contributed by atoms with van der Waals surface area (Å²) in [5.41, 5.74) is 6.89. The SMILES string of the molecule is CCCC(NC(=O)C1CC1c1ccccc1)C(N)=S. The second kappa shape index (κ2) is 6.15. The summed E-state index contributed by atoms with van der Waals surface area (Å²) in [4.78, 5) is 12.5. The van der Waals surface area contributed by atoms with Crippen molar-refractivity contribution in [2.75, 3.05) is 0 Å². The molecule has 0 radical (unpaired) electrons. The van der Waals surface area contributed by atoms with Crippen LogP contribution in [0.2, 0.25) is 0 Å². The van der Waals surface area contributed by atoms with Crippen LogP contribution < -0.4 is 11.1 Å². The molecule has 1 aromatic carbocycles. The van der Waals surface area contributed by atoms with Gasteiger partial charge in [-0.3, -0.25) is 4.79 Å². The second-order valence-corrected chi connectivity index (χ2v) is 5.58. The zero-order valence-corrected chi connectivity index (χ0v) is 12.0. The number of rotatable bonds is 6. The molecule has 3 N–H and O–H groups in total. The van der Waals surface area contributed by atoms with Crippen molar-refractivity contribution in [2.24, 2.45) is 11.7 Å². The van der Waals surface area contributed by atoms with Crippen LogP contribution in [0.5, 0.6) is 0 Å². The topological polar surface area (TPSA) is 55.1 Å². The smallest absolute Gasteiger partial charge is 0.224 e. The summed E-state index contributed by atoms with van der Waals surface area (Å²) in [5.74, 6) is 0.519. The molecule has 0 aliphatic heterocycles. The molecule has 0 bridgehead atoms. The van der Waals surface area contributed by atoms with Crippen LogP contribution in [0.4, 0.5) is 0 Å². The van der Waals surface area contributed by atoms with E-state index in [1.165, 1.54) is 5.56 Å². The second-order valence-electron chi connectivity index (χ2n) is 5.11. The molecule has 3 unspecified atom stereocenters. The Hall–Kier alpha value is -1.42. The van der Waals surface area contributed by atoms with E-state index in [1.807, 2.05) is 18.2 Å². The fourth-order valence-electron chi connectivity index (χ4n) is 2.41. The largest absolute Gasteiger partial charge is 0.392 e. The Morgan fingerprint density at radius 2 is 2.16 bits per heavy atom. The van der Waals surface area contributed by atoms with E-state index < -0.39 is 0 Å². The minimum atomic E-state index is -0.162. The monoisotopic (exact) mass is 276 g/mol. The van der Waals surface area contributed by atoms with E-state index in [1.54, 1.807) is 0 Å². The summed E-state index contributed by atoms with van der Waals surface area (Å²) in [6.45, 7) is 2.06. The van der Waals surface area contributed by atoms with Gasteiger partial charge in [0.2, 0.25) is 5.91 Å². The maximum absolute atomic E-state index is 12.2. The standard InChI is InChI=1S/C15H20N2OS/c1-2-6-13(14(16)19)17-15(18)12-9-11(12)10-7-4-3-5-8-10/h3-5,7-8,11-13H,2,6,9H2,1H3,(H2,16,19)(H,17,18). The highest BCUT2D eigenvalue weighted by molar-refractivity contribution is 7.80. The first-order valence-electron chi connectivity index (χ1n) is 6.78. The highest BCUT2D eigenvalue weighted by Gasteiger charge is 2.44. The van der Waals surface area contributed by atoms with Crippen LogP contribution >= 0.6 is 12.2 Å². The number of hydrogen-bond acceptors (Lipinski definition) is 2. The van der Waals surface area contributed by atoms with Gasteiger partial charge in [-0.05, 0) is 24.3 Å². The van der Waals surface area contributed by atoms with E-state index in [2.05, 4.69) is 24.4 Å². The predicted octanol–water partition coefficient (Wildman–Crippen LogP) is 2.36. The number of hydrogen-bond donors (Lipinski definition) is 2. The average molecular weight is 276 g/mol. The van der Waals surface area contributed by atoms with Crippen molar-refractivity contribution in [3.05, 3.63) is 35.9 Å². The van der Waals surface area contributed by atoms with Gasteiger partial charge in [-0.25, -0.2) is 0 Å². The summed E-state index contributed by atoms with van der Waals surface area (Å²) < 4.78 is 0. The molecule has 1 aromatic rings. The summed E-state index contributed by atoms with van der Waals surface area (Å²) in [7, 11) is 0. The summed E-state index contributed by atoms with van der Waals surface area (Å²) in [6.07, 6.45) is 2.69. The van der Waals surface area contributed by atoms with Crippen LogP contribution in [0, 0.1) is 5.92 Å². The van der Waals surface area contributed by atoms with Crippen molar-refractivity contribution in [1.82, 2.24) is 5.32 Å². The van der Waals surface area contributed by atoms with E-state index in [9.17, 15) is 4.79 Å². The molecule has 19 heavy (non-hydrogen) atoms. The molecular formula is C15H20N2OS. The summed E-state index contributed by atoms with van der Waals surface area (Å²) in [6, 6.07) is 10.0. The Kier molecular flexibility index (Phi) is 4.53. The van der Waals surface area contributed by atoms with Crippen LogP contribution in [0.3, 0.4) is 0 Å². The van der Waals surface area contributed by atoms with Crippen molar-refractivity contribution >= 4 is 23.1 Å². The quantitative estimate of drug-likeness (QED) is 0.784. The number of thiocarbonyl (C=S) groups is 1. The first-order chi connectivity index (χ1) is 9.13. The molecule has 0 aromatic heterocycles. The predicted molar refractivity (Wildman–Crippen MR) is 80.9 cm³/mol. The lowest BCUT2D eigenvalue weighted by Gasteiger charge is -2.16. The normalized spacial score (nSPS) is 22.6. The molecule has 3 atom stereocenters. The fourth-order valence-corrected chi connectivity index (χ4v) is 2.58. The highest BCUT2D eigenvalue weighted by atomic mass is 32.1. The third-order valence-corrected chi connectivity index (χ3v) is 3.88. The van der Waals surface area contributed by atoms with E-state index in [4.69, 9.17) is 18.0 Å². The van der Waals surface area contributed by atoms with Gasteiger partial charge in [-0.1, -0.05) is 55.9 Å². The Morgan fingerprint density at radius 3 is 2.74 bits per heavy atom. The van der Waals surface area contributed by atoms with Crippen LogP contribution in [-0.2, 0) is 4.79 Å². The van der Waals surface area contributed by atoms with Gasteiger partial charge in [0.15, 0.2) is 0 Å². The molecule has 1 aliphatic carbocycles. The summed E-state index contributed by atoms with van der Waals surface area (Å²) in [5, 5.41) is 2.97. The van der Waals surface area contributed by atoms with Crippen molar-refractivity contribution in [2.45, 2.75) is 38.1 Å². The van der Waals surface area contributed by atoms with E-state index >= 15 is 0 Å². The number of nitrogens with one attached hydrogen (secondary N) is 1. The average Bonchev–Trinajstić information content (AvgIpc) is 3.19. The van der Waals surface area contributed by atoms with Crippen LogP contribution in [0.15, 0.2) is 30.3 Å². The molecule has 1 saturated carbocycles. The van der Waals surface area contributed by atoms with E-state index in [-0.39, 0.29) is 17.9 Å². The van der Waals surface area contributed by atoms with Crippen molar-refractivity contribution in [3.8, 4) is 0 Å². The van der Waals surface area contributed by atoms with Gasteiger partial charge in [0.25, 0.3) is 0 Å². The molecule has 1 amide bonds. The van der Waals surface area contributed by atoms with Gasteiger partial charge in [0.1, 0.15) is 0 Å². The number of carbonyl (C=O) groups excluding carboxylic acids is 1. The Balaban J connectivity index is 1.90. The lowest BCUT2D eigenvalue weighted by molar-refractivity contribution is -0.122. The molecule has 102 valence electrons. The maximum atomic E-state index is 12.2. The van der Waals surface area contributed by atoms with Gasteiger partial charge in [0.05, 0.1) is 11.0 Å². The third kappa shape index (κ3) is 3.53. The lowest BCUT2D eigenvalue weighted by atomic mass is 10.1. The van der Waals surface area contributed by atoms with Crippen molar-refractivity contribution < 1.29 is 4.79 Å². The maximum Gasteiger partial charge on any atom is 0.224 e. The highest BCUT2D eigenvalue weighted by Crippen LogP contribution is 2.47. The molecule has 3 nitrogen and oxygen atoms in total. The van der Waals surface area contributed by atoms with E-state index in [0.29, 0.717) is 10.9 Å². The molecule has 0 saturated heterocycles. The Bertz CT molecular complexity index is 460. The lowest BCUT2D eigenvalue weighted by Crippen LogP contribution is -2.44. The van der Waals surface area contributed by atoms with Gasteiger partial charge in [0, 0.05) is 5.92 Å². The third-order valence-electron chi connectivity index (χ3n) is 3.59. The summed E-state index contributed by atoms with van der Waals surface area (Å²) >= 11 is 4.99. The first kappa shape index (κ1) is 14.0. The first-order valence-corrected chi connectivity index (χ1v) is 7.19. The molecule has 1 fully saturated rings. The number of benzene rings is 1. The van der Waals surface area contributed by atoms with E-state index in [0.717, 1.165) is 19.3 Å². The van der Waals surface area contributed by atoms with Gasteiger partial charge >= 0.3 is 0 Å². The molecule has 4 heteroatoms. The minimum Gasteiger partial charge on any atom is -0.392 e. The Morgan fingerprint density at radius 1 is 1.47 bits per heavy atom. The van der Waals surface area contributed by atoms with Crippen LogP contribution in [0.25, 0.3) is 0 Å². The molecule has 0 heterocycles. The van der Waals surface area contributed by atoms with Gasteiger partial charge < -0.3 is 11.1 Å². The Labute approximate surface area is 119 Å².